The van der Waals surface area contributed by atoms with Gasteiger partial charge in [-0.05, 0) is 59.9 Å². The summed E-state index contributed by atoms with van der Waals surface area (Å²) in [6.07, 6.45) is 3.74. The van der Waals surface area contributed by atoms with Gasteiger partial charge in [-0.3, -0.25) is 4.90 Å². The molecule has 2 saturated heterocycles. The highest BCUT2D eigenvalue weighted by atomic mass is 35.5. The van der Waals surface area contributed by atoms with Crippen LogP contribution in [0.3, 0.4) is 0 Å². The first-order chi connectivity index (χ1) is 14.2. The van der Waals surface area contributed by atoms with Gasteiger partial charge in [0.1, 0.15) is 10.8 Å². The number of carbonyl (C=O) groups excluding carboxylic acids is 1. The van der Waals surface area contributed by atoms with Crippen LogP contribution in [-0.4, -0.2) is 50.3 Å². The van der Waals surface area contributed by atoms with Crippen molar-refractivity contribution in [2.45, 2.75) is 83.9 Å². The molecular formula is C22H32ClN5O2. The zero-order valence-corrected chi connectivity index (χ0v) is 19.3. The Labute approximate surface area is 183 Å². The quantitative estimate of drug-likeness (QED) is 0.715. The minimum atomic E-state index is -0.527. The molecule has 7 nitrogen and oxygen atoms in total. The molecule has 2 fully saturated rings. The number of halogens is 1. The lowest BCUT2D eigenvalue weighted by Gasteiger charge is -2.35. The van der Waals surface area contributed by atoms with E-state index in [-0.39, 0.29) is 18.1 Å². The molecule has 2 aliphatic rings. The van der Waals surface area contributed by atoms with Gasteiger partial charge in [0.05, 0.1) is 17.4 Å². The summed E-state index contributed by atoms with van der Waals surface area (Å²) in [6, 6.07) is 2.29. The van der Waals surface area contributed by atoms with Gasteiger partial charge in [-0.1, -0.05) is 18.5 Å². The van der Waals surface area contributed by atoms with E-state index in [4.69, 9.17) is 26.4 Å². The number of carbonyl (C=O) groups is 1. The van der Waals surface area contributed by atoms with E-state index in [2.05, 4.69) is 12.2 Å². The minimum absolute atomic E-state index is 0.124. The van der Waals surface area contributed by atoms with Crippen molar-refractivity contribution in [1.29, 1.82) is 0 Å². The maximum Gasteiger partial charge on any atom is 0.410 e. The van der Waals surface area contributed by atoms with Crippen LogP contribution in [0.25, 0.3) is 5.65 Å². The van der Waals surface area contributed by atoms with Crippen LogP contribution in [0.2, 0.25) is 5.15 Å². The molecule has 0 spiro atoms. The summed E-state index contributed by atoms with van der Waals surface area (Å²) in [4.78, 5) is 19.5. The molecule has 0 aliphatic carbocycles. The number of amides is 1. The zero-order valence-electron chi connectivity index (χ0n) is 18.5. The lowest BCUT2D eigenvalue weighted by molar-refractivity contribution is 0.00898. The van der Waals surface area contributed by atoms with Crippen LogP contribution in [0.5, 0.6) is 0 Å². The molecule has 0 saturated carbocycles. The van der Waals surface area contributed by atoms with Crippen LogP contribution in [0.1, 0.15) is 82.3 Å². The molecule has 2 aromatic heterocycles. The number of ether oxygens (including phenoxy) is 1. The molecular weight excluding hydrogens is 402 g/mol. The summed E-state index contributed by atoms with van der Waals surface area (Å²) in [5.41, 5.74) is 3.01. The Morgan fingerprint density at radius 2 is 2.07 bits per heavy atom. The summed E-state index contributed by atoms with van der Waals surface area (Å²) < 4.78 is 7.35. The number of likely N-dealkylation sites (tertiary alicyclic amines) is 1. The first kappa shape index (κ1) is 21.4. The van der Waals surface area contributed by atoms with Crippen LogP contribution in [-0.2, 0) is 4.74 Å². The Kier molecular flexibility index (Phi) is 5.70. The largest absolute Gasteiger partial charge is 0.444 e. The van der Waals surface area contributed by atoms with Gasteiger partial charge >= 0.3 is 6.09 Å². The van der Waals surface area contributed by atoms with Crippen molar-refractivity contribution in [1.82, 2.24) is 24.8 Å². The molecule has 3 atom stereocenters. The van der Waals surface area contributed by atoms with Crippen molar-refractivity contribution in [3.63, 3.8) is 0 Å². The number of fused-ring (bicyclic) bond motifs is 1. The van der Waals surface area contributed by atoms with E-state index in [9.17, 15) is 4.79 Å². The highest BCUT2D eigenvalue weighted by molar-refractivity contribution is 6.30. The van der Waals surface area contributed by atoms with Gasteiger partial charge in [-0.15, -0.1) is 0 Å². The number of hydrogen-bond acceptors (Lipinski definition) is 5. The van der Waals surface area contributed by atoms with E-state index in [0.29, 0.717) is 17.7 Å². The maximum absolute atomic E-state index is 12.8. The van der Waals surface area contributed by atoms with E-state index >= 15 is 0 Å². The van der Waals surface area contributed by atoms with Crippen molar-refractivity contribution >= 4 is 23.3 Å². The van der Waals surface area contributed by atoms with Crippen molar-refractivity contribution in [2.75, 3.05) is 13.1 Å². The second-order valence-corrected chi connectivity index (χ2v) is 9.93. The van der Waals surface area contributed by atoms with Crippen molar-refractivity contribution in [3.05, 3.63) is 28.2 Å². The van der Waals surface area contributed by atoms with Gasteiger partial charge in [0.2, 0.25) is 0 Å². The Morgan fingerprint density at radius 1 is 1.33 bits per heavy atom. The van der Waals surface area contributed by atoms with E-state index in [1.807, 2.05) is 33.8 Å². The fourth-order valence-electron chi connectivity index (χ4n) is 4.40. The SMILES string of the molecule is Cc1c([C@H](C)C2CCN2)nc2cc([C@@H]3CCCCN3C(=O)OC(C)(C)C)nn2c1Cl. The van der Waals surface area contributed by atoms with Gasteiger partial charge in [0.15, 0.2) is 5.65 Å². The molecule has 1 N–H and O–H groups in total. The third-order valence-corrected chi connectivity index (χ3v) is 6.64. The van der Waals surface area contributed by atoms with Gasteiger partial charge in [-0.25, -0.2) is 14.3 Å². The molecule has 2 aromatic rings. The van der Waals surface area contributed by atoms with Crippen LogP contribution >= 0.6 is 11.6 Å². The van der Waals surface area contributed by atoms with Crippen LogP contribution in [0, 0.1) is 6.92 Å². The van der Waals surface area contributed by atoms with E-state index in [1.54, 1.807) is 9.42 Å². The molecule has 4 rings (SSSR count). The number of piperidine rings is 1. The first-order valence-corrected chi connectivity index (χ1v) is 11.3. The smallest absolute Gasteiger partial charge is 0.410 e. The fourth-order valence-corrected chi connectivity index (χ4v) is 4.62. The van der Waals surface area contributed by atoms with Crippen molar-refractivity contribution in [3.8, 4) is 0 Å². The number of nitrogens with one attached hydrogen (secondary N) is 1. The number of rotatable bonds is 3. The summed E-state index contributed by atoms with van der Waals surface area (Å²) in [7, 11) is 0. The molecule has 1 amide bonds. The molecule has 0 aromatic carbocycles. The monoisotopic (exact) mass is 433 g/mol. The van der Waals surface area contributed by atoms with Gasteiger partial charge in [0.25, 0.3) is 0 Å². The average Bonchev–Trinajstić information content (AvgIpc) is 3.06. The molecule has 164 valence electrons. The molecule has 1 unspecified atom stereocenters. The lowest BCUT2D eigenvalue weighted by Crippen LogP contribution is -2.46. The summed E-state index contributed by atoms with van der Waals surface area (Å²) >= 11 is 6.71. The third-order valence-electron chi connectivity index (χ3n) is 6.19. The first-order valence-electron chi connectivity index (χ1n) is 10.9. The highest BCUT2D eigenvalue weighted by Crippen LogP contribution is 2.34. The zero-order chi connectivity index (χ0) is 21.6. The number of nitrogens with zero attached hydrogens (tertiary/aromatic N) is 4. The minimum Gasteiger partial charge on any atom is -0.444 e. The van der Waals surface area contributed by atoms with Crippen LogP contribution < -0.4 is 5.32 Å². The molecule has 8 heteroatoms. The highest BCUT2D eigenvalue weighted by Gasteiger charge is 2.34. The molecule has 4 heterocycles. The van der Waals surface area contributed by atoms with Crippen LogP contribution in [0.4, 0.5) is 4.79 Å². The Balaban J connectivity index is 1.68. The molecule has 0 radical (unpaired) electrons. The summed E-state index contributed by atoms with van der Waals surface area (Å²) in [5.74, 6) is 0.285. The Bertz CT molecular complexity index is 947. The average molecular weight is 434 g/mol. The predicted molar refractivity (Wildman–Crippen MR) is 117 cm³/mol. The lowest BCUT2D eigenvalue weighted by atomic mass is 9.89. The standard InChI is InChI=1S/C22H32ClN5O2/c1-13(15-9-10-24-15)19-14(2)20(23)28-18(25-19)12-16(26-28)17-8-6-7-11-27(17)21(29)30-22(3,4)5/h12-13,15,17,24H,6-11H2,1-5H3/t13-,15?,17+/m1/s1. The second-order valence-electron chi connectivity index (χ2n) is 9.58. The van der Waals surface area contributed by atoms with E-state index < -0.39 is 5.60 Å². The summed E-state index contributed by atoms with van der Waals surface area (Å²) in [6.45, 7) is 11.6. The van der Waals surface area contributed by atoms with Crippen molar-refractivity contribution < 1.29 is 9.53 Å². The van der Waals surface area contributed by atoms with E-state index in [0.717, 1.165) is 54.8 Å². The third kappa shape index (κ3) is 4.02. The van der Waals surface area contributed by atoms with Crippen LogP contribution in [0.15, 0.2) is 6.07 Å². The Hall–Kier alpha value is -1.86. The predicted octanol–water partition coefficient (Wildman–Crippen LogP) is 4.62. The topological polar surface area (TPSA) is 71.8 Å². The molecule has 30 heavy (non-hydrogen) atoms. The second kappa shape index (κ2) is 8.00. The van der Waals surface area contributed by atoms with Gasteiger partial charge in [0, 0.05) is 30.1 Å². The van der Waals surface area contributed by atoms with E-state index in [1.165, 1.54) is 0 Å². The van der Waals surface area contributed by atoms with Gasteiger partial charge in [-0.2, -0.15) is 5.10 Å². The fraction of sp³-hybridized carbons (Fsp3) is 0.682. The Morgan fingerprint density at radius 3 is 2.70 bits per heavy atom. The number of aromatic nitrogens is 3. The van der Waals surface area contributed by atoms with Gasteiger partial charge < -0.3 is 10.1 Å². The molecule has 2 aliphatic heterocycles. The number of hydrogen-bond donors (Lipinski definition) is 1. The molecule has 0 bridgehead atoms. The maximum atomic E-state index is 12.8. The van der Waals surface area contributed by atoms with Crippen molar-refractivity contribution in [2.24, 2.45) is 0 Å². The summed E-state index contributed by atoms with van der Waals surface area (Å²) in [5, 5.41) is 8.82. The normalized spacial score (nSPS) is 23.3.